The second-order valence-corrected chi connectivity index (χ2v) is 8.36. The highest BCUT2D eigenvalue weighted by Gasteiger charge is 2.35. The maximum Gasteiger partial charge on any atom is 0.293 e. The molecule has 1 fully saturated rings. The van der Waals surface area contributed by atoms with E-state index in [2.05, 4.69) is 0 Å². The van der Waals surface area contributed by atoms with Gasteiger partial charge in [-0.05, 0) is 60.1 Å². The van der Waals surface area contributed by atoms with Crippen molar-refractivity contribution in [1.82, 2.24) is 4.90 Å². The summed E-state index contributed by atoms with van der Waals surface area (Å²) >= 11 is 13.2. The van der Waals surface area contributed by atoms with Crippen LogP contribution in [0.4, 0.5) is 4.79 Å². The van der Waals surface area contributed by atoms with Crippen molar-refractivity contribution >= 4 is 52.2 Å². The number of carbonyl (C=O) groups excluding carboxylic acids is 2. The van der Waals surface area contributed by atoms with Gasteiger partial charge in [-0.2, -0.15) is 0 Å². The molecule has 4 rings (SSSR count). The predicted octanol–water partition coefficient (Wildman–Crippen LogP) is 6.80. The molecule has 2 heterocycles. The summed E-state index contributed by atoms with van der Waals surface area (Å²) in [6.07, 6.45) is 1.57. The van der Waals surface area contributed by atoms with Gasteiger partial charge in [0.1, 0.15) is 11.5 Å². The molecule has 1 aliphatic rings. The molecule has 29 heavy (non-hydrogen) atoms. The Labute approximate surface area is 182 Å². The first kappa shape index (κ1) is 19.8. The number of imide groups is 1. The molecule has 1 saturated heterocycles. The van der Waals surface area contributed by atoms with Crippen molar-refractivity contribution in [2.75, 3.05) is 0 Å². The van der Waals surface area contributed by atoms with E-state index in [0.717, 1.165) is 22.9 Å². The molecule has 0 unspecified atom stereocenters. The normalized spacial score (nSPS) is 15.6. The van der Waals surface area contributed by atoms with Gasteiger partial charge in [0.25, 0.3) is 11.1 Å². The van der Waals surface area contributed by atoms with Crippen molar-refractivity contribution in [3.8, 4) is 11.3 Å². The molecule has 0 N–H and O–H groups in total. The highest BCUT2D eigenvalue weighted by atomic mass is 35.5. The van der Waals surface area contributed by atoms with Crippen LogP contribution in [0.1, 0.15) is 16.9 Å². The molecule has 146 valence electrons. The number of halogens is 2. The average molecular weight is 444 g/mol. The predicted molar refractivity (Wildman–Crippen MR) is 117 cm³/mol. The fourth-order valence-corrected chi connectivity index (χ4v) is 4.19. The van der Waals surface area contributed by atoms with Crippen LogP contribution >= 0.6 is 35.0 Å². The van der Waals surface area contributed by atoms with Crippen LogP contribution in [-0.2, 0) is 11.3 Å². The lowest BCUT2D eigenvalue weighted by molar-refractivity contribution is -0.123. The highest BCUT2D eigenvalue weighted by molar-refractivity contribution is 8.18. The van der Waals surface area contributed by atoms with Crippen LogP contribution in [0, 0.1) is 6.92 Å². The quantitative estimate of drug-likeness (QED) is 0.416. The number of aryl methyl sites for hydroxylation is 1. The summed E-state index contributed by atoms with van der Waals surface area (Å²) in [6.45, 7) is 2.20. The van der Waals surface area contributed by atoms with E-state index >= 15 is 0 Å². The lowest BCUT2D eigenvalue weighted by Crippen LogP contribution is -2.27. The Kier molecular flexibility index (Phi) is 5.54. The molecule has 0 saturated carbocycles. The van der Waals surface area contributed by atoms with Gasteiger partial charge in [0.2, 0.25) is 0 Å². The number of rotatable bonds is 4. The Bertz CT molecular complexity index is 1150. The summed E-state index contributed by atoms with van der Waals surface area (Å²) in [5, 5.41) is 0.752. The number of thioether (sulfide) groups is 1. The number of hydrogen-bond acceptors (Lipinski definition) is 4. The number of furan rings is 1. The first-order valence-electron chi connectivity index (χ1n) is 8.77. The Balaban J connectivity index is 1.57. The first-order chi connectivity index (χ1) is 13.9. The lowest BCUT2D eigenvalue weighted by Gasteiger charge is -2.14. The first-order valence-corrected chi connectivity index (χ1v) is 10.3. The van der Waals surface area contributed by atoms with Crippen molar-refractivity contribution in [2.45, 2.75) is 13.5 Å². The topological polar surface area (TPSA) is 50.5 Å². The van der Waals surface area contributed by atoms with E-state index in [1.54, 1.807) is 36.4 Å². The molecular weight excluding hydrogens is 429 g/mol. The third-order valence-electron chi connectivity index (χ3n) is 4.56. The van der Waals surface area contributed by atoms with Crippen LogP contribution in [0.3, 0.4) is 0 Å². The van der Waals surface area contributed by atoms with Crippen LogP contribution < -0.4 is 0 Å². The minimum absolute atomic E-state index is 0.246. The maximum absolute atomic E-state index is 12.7. The summed E-state index contributed by atoms with van der Waals surface area (Å²) in [5.74, 6) is 0.655. The summed E-state index contributed by atoms with van der Waals surface area (Å²) in [4.78, 5) is 26.7. The van der Waals surface area contributed by atoms with Gasteiger partial charge in [0, 0.05) is 16.7 Å². The van der Waals surface area contributed by atoms with Crippen LogP contribution in [0.25, 0.3) is 17.4 Å². The molecule has 0 radical (unpaired) electrons. The van der Waals surface area contributed by atoms with E-state index in [9.17, 15) is 9.59 Å². The monoisotopic (exact) mass is 443 g/mol. The zero-order valence-electron chi connectivity index (χ0n) is 15.3. The molecule has 1 aliphatic heterocycles. The van der Waals surface area contributed by atoms with Crippen molar-refractivity contribution < 1.29 is 14.0 Å². The van der Waals surface area contributed by atoms with E-state index in [-0.39, 0.29) is 17.7 Å². The number of amides is 2. The Morgan fingerprint density at radius 1 is 1.07 bits per heavy atom. The van der Waals surface area contributed by atoms with Crippen molar-refractivity contribution in [3.63, 3.8) is 0 Å². The van der Waals surface area contributed by atoms with Crippen LogP contribution in [-0.4, -0.2) is 16.0 Å². The van der Waals surface area contributed by atoms with E-state index in [1.807, 2.05) is 31.2 Å². The number of hydrogen-bond donors (Lipinski definition) is 0. The molecule has 2 aromatic carbocycles. The molecule has 0 aliphatic carbocycles. The molecule has 7 heteroatoms. The fourth-order valence-electron chi connectivity index (χ4n) is 2.98. The number of carbonyl (C=O) groups is 2. The summed E-state index contributed by atoms with van der Waals surface area (Å²) < 4.78 is 5.81. The Morgan fingerprint density at radius 2 is 1.86 bits per heavy atom. The summed E-state index contributed by atoms with van der Waals surface area (Å²) in [6, 6.07) is 16.3. The van der Waals surface area contributed by atoms with Crippen LogP contribution in [0.5, 0.6) is 0 Å². The van der Waals surface area contributed by atoms with Crippen LogP contribution in [0.15, 0.2) is 63.9 Å². The zero-order valence-corrected chi connectivity index (χ0v) is 17.6. The minimum Gasteiger partial charge on any atom is -0.457 e. The number of benzene rings is 2. The van der Waals surface area contributed by atoms with E-state index in [4.69, 9.17) is 27.6 Å². The summed E-state index contributed by atoms with van der Waals surface area (Å²) in [5.41, 5.74) is 2.63. The van der Waals surface area contributed by atoms with E-state index < -0.39 is 0 Å². The second-order valence-electron chi connectivity index (χ2n) is 6.52. The van der Waals surface area contributed by atoms with Gasteiger partial charge in [-0.25, -0.2) is 0 Å². The third-order valence-corrected chi connectivity index (χ3v) is 6.03. The molecule has 0 spiro atoms. The molecule has 3 aromatic rings. The van der Waals surface area contributed by atoms with Crippen molar-refractivity contribution in [2.24, 2.45) is 0 Å². The van der Waals surface area contributed by atoms with E-state index in [0.29, 0.717) is 32.0 Å². The smallest absolute Gasteiger partial charge is 0.293 e. The Morgan fingerprint density at radius 3 is 2.66 bits per heavy atom. The van der Waals surface area contributed by atoms with Crippen molar-refractivity contribution in [1.29, 1.82) is 0 Å². The van der Waals surface area contributed by atoms with Gasteiger partial charge >= 0.3 is 0 Å². The van der Waals surface area contributed by atoms with Gasteiger partial charge in [-0.3, -0.25) is 14.5 Å². The Hall–Kier alpha value is -2.47. The van der Waals surface area contributed by atoms with Gasteiger partial charge < -0.3 is 4.42 Å². The van der Waals surface area contributed by atoms with Gasteiger partial charge in [0.15, 0.2) is 0 Å². The largest absolute Gasteiger partial charge is 0.457 e. The molecular formula is C22H15Cl2NO3S. The molecule has 0 atom stereocenters. The van der Waals surface area contributed by atoms with Gasteiger partial charge in [0.05, 0.1) is 16.5 Å². The molecule has 0 bridgehead atoms. The average Bonchev–Trinajstić information content (AvgIpc) is 3.25. The molecule has 2 amide bonds. The second kappa shape index (κ2) is 8.11. The highest BCUT2D eigenvalue weighted by Crippen LogP contribution is 2.36. The van der Waals surface area contributed by atoms with E-state index in [1.165, 1.54) is 4.90 Å². The van der Waals surface area contributed by atoms with Crippen LogP contribution in [0.2, 0.25) is 10.0 Å². The van der Waals surface area contributed by atoms with Gasteiger partial charge in [-0.15, -0.1) is 0 Å². The molecule has 1 aromatic heterocycles. The maximum atomic E-state index is 12.7. The summed E-state index contributed by atoms with van der Waals surface area (Å²) in [7, 11) is 0. The lowest BCUT2D eigenvalue weighted by atomic mass is 10.1. The minimum atomic E-state index is -0.331. The SMILES string of the molecule is Cc1ccccc1CN1C(=O)S/C(=C\c2ccc(-c3cc(Cl)ccc3Cl)o2)C1=O. The fraction of sp³-hybridized carbons (Fsp3) is 0.0909. The van der Waals surface area contributed by atoms with Crippen molar-refractivity contribution in [3.05, 3.63) is 86.4 Å². The zero-order chi connectivity index (χ0) is 20.5. The third kappa shape index (κ3) is 4.13. The standard InChI is InChI=1S/C22H15Cl2NO3S/c1-13-4-2-3-5-14(13)12-25-21(26)20(29-22(25)27)11-16-7-9-19(28-16)17-10-15(23)6-8-18(17)24/h2-11H,12H2,1H3/b20-11-. The molecule has 4 nitrogen and oxygen atoms in total. The number of nitrogens with zero attached hydrogens (tertiary/aromatic N) is 1. The van der Waals surface area contributed by atoms with Gasteiger partial charge in [-0.1, -0.05) is 47.5 Å².